The molecule has 1 fully saturated rings. The summed E-state index contributed by atoms with van der Waals surface area (Å²) in [4.78, 5) is 15.0. The minimum Gasteiger partial charge on any atom is -0.493 e. The third-order valence-corrected chi connectivity index (χ3v) is 9.19. The van der Waals surface area contributed by atoms with Crippen LogP contribution >= 0.6 is 11.6 Å². The first-order valence-electron chi connectivity index (χ1n) is 17.2. The SMILES string of the molecule is Cc1c(COc2cc(OCc3cncc(C#N)c3)c(C(C)NCCO)cc2Cl)cccc1-c1cccc(OCCCN2CCCC2)c1C.O=CO. The Balaban J connectivity index is 0.00000188. The molecule has 0 amide bonds. The van der Waals surface area contributed by atoms with Gasteiger partial charge in [0.05, 0.1) is 23.8 Å². The molecular weight excluding hydrogens is 668 g/mol. The highest BCUT2D eigenvalue weighted by atomic mass is 35.5. The number of hydrogen-bond donors (Lipinski definition) is 3. The molecule has 4 aromatic rings. The number of aliphatic hydroxyl groups excluding tert-OH is 1. The number of benzene rings is 3. The lowest BCUT2D eigenvalue weighted by molar-refractivity contribution is -0.122. The maximum atomic E-state index is 9.35. The molecular formula is C40H47ClN4O6. The van der Waals surface area contributed by atoms with Gasteiger partial charge in [-0.1, -0.05) is 41.9 Å². The van der Waals surface area contributed by atoms with Crippen molar-refractivity contribution in [3.63, 3.8) is 0 Å². The Morgan fingerprint density at radius 1 is 0.980 bits per heavy atom. The Hall–Kier alpha value is -4.66. The smallest absolute Gasteiger partial charge is 0.290 e. The lowest BCUT2D eigenvalue weighted by Crippen LogP contribution is -2.22. The molecule has 270 valence electrons. The summed E-state index contributed by atoms with van der Waals surface area (Å²) < 4.78 is 18.9. The minimum atomic E-state index is -0.250. The zero-order chi connectivity index (χ0) is 36.6. The third-order valence-electron chi connectivity index (χ3n) is 8.89. The lowest BCUT2D eigenvalue weighted by atomic mass is 9.93. The van der Waals surface area contributed by atoms with E-state index in [1.165, 1.54) is 32.1 Å². The molecule has 0 spiro atoms. The number of aromatic nitrogens is 1. The van der Waals surface area contributed by atoms with Crippen LogP contribution in [0.3, 0.4) is 0 Å². The minimum absolute atomic E-state index is 0.0101. The number of halogens is 1. The molecule has 1 aliphatic rings. The second-order valence-electron chi connectivity index (χ2n) is 12.4. The quantitative estimate of drug-likeness (QED) is 0.0804. The average Bonchev–Trinajstić information content (AvgIpc) is 3.66. The Morgan fingerprint density at radius 2 is 1.69 bits per heavy atom. The van der Waals surface area contributed by atoms with Gasteiger partial charge >= 0.3 is 0 Å². The number of pyridine rings is 1. The van der Waals surface area contributed by atoms with Gasteiger partial charge < -0.3 is 34.6 Å². The first-order chi connectivity index (χ1) is 24.8. The summed E-state index contributed by atoms with van der Waals surface area (Å²) in [5.74, 6) is 2.01. The number of nitriles is 1. The van der Waals surface area contributed by atoms with Crippen molar-refractivity contribution in [1.82, 2.24) is 15.2 Å². The number of aliphatic hydroxyl groups is 1. The van der Waals surface area contributed by atoms with Gasteiger partial charge in [-0.15, -0.1) is 0 Å². The molecule has 5 rings (SSSR count). The molecule has 1 saturated heterocycles. The van der Waals surface area contributed by atoms with E-state index in [2.05, 4.69) is 71.5 Å². The van der Waals surface area contributed by atoms with E-state index in [1.807, 2.05) is 19.1 Å². The van der Waals surface area contributed by atoms with Crippen LogP contribution in [0.15, 0.2) is 67.0 Å². The molecule has 3 N–H and O–H groups in total. The highest BCUT2D eigenvalue weighted by molar-refractivity contribution is 6.32. The van der Waals surface area contributed by atoms with Crippen molar-refractivity contribution in [2.45, 2.75) is 59.3 Å². The van der Waals surface area contributed by atoms with Gasteiger partial charge in [0.1, 0.15) is 36.5 Å². The summed E-state index contributed by atoms with van der Waals surface area (Å²) >= 11 is 6.78. The van der Waals surface area contributed by atoms with Crippen molar-refractivity contribution < 1.29 is 29.2 Å². The lowest BCUT2D eigenvalue weighted by Gasteiger charge is -2.21. The van der Waals surface area contributed by atoms with Gasteiger partial charge in [-0.3, -0.25) is 9.78 Å². The summed E-state index contributed by atoms with van der Waals surface area (Å²) in [7, 11) is 0. The summed E-state index contributed by atoms with van der Waals surface area (Å²) in [6.07, 6.45) is 6.83. The number of ether oxygens (including phenoxy) is 3. The van der Waals surface area contributed by atoms with Crippen LogP contribution in [0.4, 0.5) is 0 Å². The van der Waals surface area contributed by atoms with Crippen molar-refractivity contribution in [3.8, 4) is 34.4 Å². The number of nitrogens with one attached hydrogen (secondary N) is 1. The molecule has 0 bridgehead atoms. The second-order valence-corrected chi connectivity index (χ2v) is 12.8. The number of hydrogen-bond acceptors (Lipinski definition) is 9. The Morgan fingerprint density at radius 3 is 2.41 bits per heavy atom. The fourth-order valence-electron chi connectivity index (χ4n) is 6.13. The fourth-order valence-corrected chi connectivity index (χ4v) is 6.36. The highest BCUT2D eigenvalue weighted by Gasteiger charge is 2.18. The van der Waals surface area contributed by atoms with Gasteiger partial charge in [-0.2, -0.15) is 5.26 Å². The molecule has 11 heteroatoms. The number of carbonyl (C=O) groups is 1. The maximum absolute atomic E-state index is 9.35. The Kier molecular flexibility index (Phi) is 15.5. The molecule has 1 atom stereocenters. The van der Waals surface area contributed by atoms with Crippen LogP contribution < -0.4 is 19.5 Å². The van der Waals surface area contributed by atoms with E-state index in [0.717, 1.165) is 57.7 Å². The maximum Gasteiger partial charge on any atom is 0.290 e. The normalized spacial score (nSPS) is 13.1. The number of rotatable bonds is 16. The average molecular weight is 715 g/mol. The van der Waals surface area contributed by atoms with Gasteiger partial charge in [0.15, 0.2) is 0 Å². The van der Waals surface area contributed by atoms with Gasteiger partial charge in [0.25, 0.3) is 6.47 Å². The molecule has 51 heavy (non-hydrogen) atoms. The van der Waals surface area contributed by atoms with Gasteiger partial charge in [0, 0.05) is 48.7 Å². The standard InChI is InChI=1S/C39H45ClN4O4.CH2O2/c1-27-32(9-6-10-33(27)34-11-7-12-37(28(34)2)46-18-8-16-44-14-4-5-15-44)26-48-39-21-38(35(20-36(39)40)29(3)43-13-17-45)47-25-31-19-30(22-41)23-42-24-31;2-1-3/h6-7,9-12,19-21,23-24,29,43,45H,4-5,8,13-18,25-26H2,1-3H3;1H,(H,2,3). The molecule has 1 aromatic heterocycles. The van der Waals surface area contributed by atoms with Crippen LogP contribution in [-0.2, 0) is 18.0 Å². The number of nitrogens with zero attached hydrogens (tertiary/aromatic N) is 3. The summed E-state index contributed by atoms with van der Waals surface area (Å²) in [6.45, 7) is 11.2. The molecule has 3 aromatic carbocycles. The predicted octanol–water partition coefficient (Wildman–Crippen LogP) is 7.26. The second kappa shape index (κ2) is 20.3. The van der Waals surface area contributed by atoms with E-state index in [-0.39, 0.29) is 25.7 Å². The van der Waals surface area contributed by atoms with Gasteiger partial charge in [-0.05, 0) is 99.1 Å². The first kappa shape index (κ1) is 39.1. The van der Waals surface area contributed by atoms with Crippen LogP contribution in [0.2, 0.25) is 5.02 Å². The van der Waals surface area contributed by atoms with E-state index < -0.39 is 0 Å². The molecule has 1 aliphatic heterocycles. The Bertz CT molecular complexity index is 1770. The largest absolute Gasteiger partial charge is 0.493 e. The summed E-state index contributed by atoms with van der Waals surface area (Å²) in [5, 5.41) is 29.2. The van der Waals surface area contributed by atoms with Crippen LogP contribution in [0.1, 0.15) is 65.6 Å². The Labute approximate surface area is 305 Å². The predicted molar refractivity (Wildman–Crippen MR) is 198 cm³/mol. The van der Waals surface area contributed by atoms with E-state index >= 15 is 0 Å². The van der Waals surface area contributed by atoms with E-state index in [4.69, 9.17) is 35.7 Å². The zero-order valence-electron chi connectivity index (χ0n) is 29.5. The van der Waals surface area contributed by atoms with Crippen LogP contribution in [-0.4, -0.2) is 66.0 Å². The first-order valence-corrected chi connectivity index (χ1v) is 17.6. The van der Waals surface area contributed by atoms with Crippen molar-refractivity contribution >= 4 is 18.1 Å². The molecule has 0 radical (unpaired) electrons. The molecule has 0 saturated carbocycles. The fraction of sp³-hybridized carbons (Fsp3) is 0.375. The van der Waals surface area contributed by atoms with Gasteiger partial charge in [-0.25, -0.2) is 0 Å². The van der Waals surface area contributed by atoms with Crippen molar-refractivity contribution in [2.24, 2.45) is 0 Å². The zero-order valence-corrected chi connectivity index (χ0v) is 30.3. The van der Waals surface area contributed by atoms with Gasteiger partial charge in [0.2, 0.25) is 0 Å². The van der Waals surface area contributed by atoms with E-state index in [0.29, 0.717) is 41.8 Å². The van der Waals surface area contributed by atoms with Crippen LogP contribution in [0.25, 0.3) is 11.1 Å². The number of likely N-dealkylation sites (tertiary alicyclic amines) is 1. The summed E-state index contributed by atoms with van der Waals surface area (Å²) in [5.41, 5.74) is 7.65. The van der Waals surface area contributed by atoms with Crippen molar-refractivity contribution in [2.75, 3.05) is 39.4 Å². The van der Waals surface area contributed by atoms with E-state index in [9.17, 15) is 10.4 Å². The molecule has 2 heterocycles. The van der Waals surface area contributed by atoms with Crippen molar-refractivity contribution in [1.29, 1.82) is 5.26 Å². The van der Waals surface area contributed by atoms with E-state index in [1.54, 1.807) is 12.3 Å². The highest BCUT2D eigenvalue weighted by Crippen LogP contribution is 2.38. The monoisotopic (exact) mass is 714 g/mol. The van der Waals surface area contributed by atoms with Crippen LogP contribution in [0, 0.1) is 25.2 Å². The molecule has 1 unspecified atom stereocenters. The number of carboxylic acid groups (broad SMARTS) is 1. The summed E-state index contributed by atoms with van der Waals surface area (Å²) in [6, 6.07) is 19.9. The third kappa shape index (κ3) is 11.2. The van der Waals surface area contributed by atoms with Crippen molar-refractivity contribution in [3.05, 3.63) is 105 Å². The van der Waals surface area contributed by atoms with Crippen LogP contribution in [0.5, 0.6) is 17.2 Å². The topological polar surface area (TPSA) is 137 Å². The molecule has 10 nitrogen and oxygen atoms in total. The molecule has 0 aliphatic carbocycles.